The molecule has 0 saturated carbocycles. The van der Waals surface area contributed by atoms with Crippen LogP contribution in [0.25, 0.3) is 11.2 Å². The highest BCUT2D eigenvalue weighted by atomic mass is 35.5. The van der Waals surface area contributed by atoms with Gasteiger partial charge in [0.15, 0.2) is 11.5 Å². The van der Waals surface area contributed by atoms with Gasteiger partial charge in [0.1, 0.15) is 5.52 Å². The van der Waals surface area contributed by atoms with Crippen LogP contribution < -0.4 is 16.0 Å². The SMILES string of the molecule is NC(=O)c1ccccc1NC(=O)[C@@H]1CCCN(c2nc(Cl)nc3nc[nH]c23)C1. The van der Waals surface area contributed by atoms with E-state index in [-0.39, 0.29) is 22.7 Å². The quantitative estimate of drug-likeness (QED) is 0.575. The Bertz CT molecular complexity index is 1050. The van der Waals surface area contributed by atoms with E-state index < -0.39 is 5.91 Å². The predicted octanol–water partition coefficient (Wildman–Crippen LogP) is 1.96. The molecule has 10 heteroatoms. The van der Waals surface area contributed by atoms with Crippen LogP contribution in [0, 0.1) is 5.92 Å². The molecule has 1 aliphatic heterocycles. The summed E-state index contributed by atoms with van der Waals surface area (Å²) >= 11 is 6.03. The lowest BCUT2D eigenvalue weighted by Crippen LogP contribution is -2.41. The predicted molar refractivity (Wildman–Crippen MR) is 105 cm³/mol. The Hall–Kier alpha value is -3.20. The number of imidazole rings is 1. The van der Waals surface area contributed by atoms with Gasteiger partial charge >= 0.3 is 0 Å². The van der Waals surface area contributed by atoms with Crippen LogP contribution in [0.4, 0.5) is 11.5 Å². The fourth-order valence-electron chi connectivity index (χ4n) is 3.45. The van der Waals surface area contributed by atoms with Crippen LogP contribution in [0.2, 0.25) is 5.28 Å². The van der Waals surface area contributed by atoms with Gasteiger partial charge in [-0.25, -0.2) is 4.98 Å². The Kier molecular flexibility index (Phi) is 4.82. The van der Waals surface area contributed by atoms with Crippen molar-refractivity contribution in [2.24, 2.45) is 11.7 Å². The number of fused-ring (bicyclic) bond motifs is 1. The summed E-state index contributed by atoms with van der Waals surface area (Å²) in [5.74, 6) is -0.401. The van der Waals surface area contributed by atoms with Crippen molar-refractivity contribution in [2.75, 3.05) is 23.3 Å². The highest BCUT2D eigenvalue weighted by molar-refractivity contribution is 6.28. The average Bonchev–Trinajstić information content (AvgIpc) is 3.16. The molecule has 144 valence electrons. The van der Waals surface area contributed by atoms with Crippen molar-refractivity contribution in [1.29, 1.82) is 0 Å². The van der Waals surface area contributed by atoms with Crippen LogP contribution in [0.5, 0.6) is 0 Å². The molecule has 0 unspecified atom stereocenters. The van der Waals surface area contributed by atoms with Gasteiger partial charge in [0.2, 0.25) is 11.2 Å². The molecule has 0 spiro atoms. The van der Waals surface area contributed by atoms with E-state index in [2.05, 4.69) is 25.3 Å². The van der Waals surface area contributed by atoms with Crippen molar-refractivity contribution in [3.63, 3.8) is 0 Å². The summed E-state index contributed by atoms with van der Waals surface area (Å²) in [6.45, 7) is 1.20. The smallest absolute Gasteiger partial charge is 0.250 e. The number of halogens is 1. The first-order chi connectivity index (χ1) is 13.5. The molecular weight excluding hydrogens is 382 g/mol. The molecule has 0 aliphatic carbocycles. The molecule has 1 saturated heterocycles. The molecule has 0 bridgehead atoms. The first-order valence-corrected chi connectivity index (χ1v) is 9.22. The first kappa shape index (κ1) is 18.2. The maximum absolute atomic E-state index is 12.8. The molecule has 4 rings (SSSR count). The summed E-state index contributed by atoms with van der Waals surface area (Å²) in [6, 6.07) is 6.69. The molecule has 4 N–H and O–H groups in total. The largest absolute Gasteiger partial charge is 0.366 e. The van der Waals surface area contributed by atoms with Crippen LogP contribution >= 0.6 is 11.6 Å². The van der Waals surface area contributed by atoms with E-state index in [9.17, 15) is 9.59 Å². The number of aromatic nitrogens is 4. The zero-order chi connectivity index (χ0) is 19.7. The van der Waals surface area contributed by atoms with Gasteiger partial charge in [-0.1, -0.05) is 12.1 Å². The molecule has 9 nitrogen and oxygen atoms in total. The Balaban J connectivity index is 1.55. The molecular formula is C18H18ClN7O2. The monoisotopic (exact) mass is 399 g/mol. The molecule has 1 aromatic carbocycles. The second kappa shape index (κ2) is 7.43. The molecule has 1 aliphatic rings. The van der Waals surface area contributed by atoms with Crippen molar-refractivity contribution in [2.45, 2.75) is 12.8 Å². The fraction of sp³-hybridized carbons (Fsp3) is 0.278. The number of anilines is 2. The Morgan fingerprint density at radius 1 is 1.29 bits per heavy atom. The molecule has 0 radical (unpaired) electrons. The van der Waals surface area contributed by atoms with E-state index in [0.29, 0.717) is 29.2 Å². The van der Waals surface area contributed by atoms with Crippen molar-refractivity contribution >= 4 is 46.1 Å². The van der Waals surface area contributed by atoms with Crippen molar-refractivity contribution in [3.8, 4) is 0 Å². The standard InChI is InChI=1S/C18H18ClN7O2/c19-18-24-15-13(21-9-22-15)16(25-18)26-7-3-4-10(8-26)17(28)23-12-6-2-1-5-11(12)14(20)27/h1-2,5-6,9-10H,3-4,7-8H2,(H2,20,27)(H,23,28)(H,21,22,24,25)/t10-/m1/s1. The minimum Gasteiger partial charge on any atom is -0.366 e. The number of amides is 2. The number of benzene rings is 1. The molecule has 1 atom stereocenters. The van der Waals surface area contributed by atoms with Gasteiger partial charge in [-0.2, -0.15) is 9.97 Å². The number of primary amides is 1. The van der Waals surface area contributed by atoms with Gasteiger partial charge in [0, 0.05) is 13.1 Å². The minimum absolute atomic E-state index is 0.108. The first-order valence-electron chi connectivity index (χ1n) is 8.84. The molecule has 2 amide bonds. The number of rotatable bonds is 4. The molecule has 3 aromatic rings. The maximum Gasteiger partial charge on any atom is 0.250 e. The summed E-state index contributed by atoms with van der Waals surface area (Å²) in [6.07, 6.45) is 3.08. The molecule has 3 heterocycles. The average molecular weight is 400 g/mol. The lowest BCUT2D eigenvalue weighted by molar-refractivity contribution is -0.120. The van der Waals surface area contributed by atoms with Gasteiger partial charge in [0.25, 0.3) is 5.91 Å². The second-order valence-electron chi connectivity index (χ2n) is 6.60. The zero-order valence-electron chi connectivity index (χ0n) is 14.9. The van der Waals surface area contributed by atoms with Crippen LogP contribution in [0.15, 0.2) is 30.6 Å². The van der Waals surface area contributed by atoms with Crippen molar-refractivity contribution in [3.05, 3.63) is 41.4 Å². The van der Waals surface area contributed by atoms with Gasteiger partial charge in [-0.3, -0.25) is 9.59 Å². The number of aromatic amines is 1. The number of carbonyl (C=O) groups is 2. The summed E-state index contributed by atoms with van der Waals surface area (Å²) in [5, 5.41) is 2.94. The number of nitrogens with two attached hydrogens (primary N) is 1. The Labute approximate surface area is 165 Å². The Morgan fingerprint density at radius 3 is 2.93 bits per heavy atom. The van der Waals surface area contributed by atoms with Crippen molar-refractivity contribution in [1.82, 2.24) is 19.9 Å². The minimum atomic E-state index is -0.585. The summed E-state index contributed by atoms with van der Waals surface area (Å²) in [5.41, 5.74) is 7.25. The number of piperidine rings is 1. The van der Waals surface area contributed by atoms with Crippen LogP contribution in [0.1, 0.15) is 23.2 Å². The fourth-order valence-corrected chi connectivity index (χ4v) is 3.61. The van der Waals surface area contributed by atoms with Gasteiger partial charge < -0.3 is 20.9 Å². The number of carbonyl (C=O) groups excluding carboxylic acids is 2. The van der Waals surface area contributed by atoms with Gasteiger partial charge in [0.05, 0.1) is 23.5 Å². The summed E-state index contributed by atoms with van der Waals surface area (Å²) in [4.78, 5) is 42.0. The van der Waals surface area contributed by atoms with Gasteiger partial charge in [-0.15, -0.1) is 0 Å². The number of nitrogens with one attached hydrogen (secondary N) is 2. The second-order valence-corrected chi connectivity index (χ2v) is 6.94. The van der Waals surface area contributed by atoms with E-state index in [1.807, 2.05) is 4.90 Å². The van der Waals surface area contributed by atoms with E-state index in [4.69, 9.17) is 17.3 Å². The van der Waals surface area contributed by atoms with E-state index in [0.717, 1.165) is 19.4 Å². The lowest BCUT2D eigenvalue weighted by atomic mass is 9.96. The summed E-state index contributed by atoms with van der Waals surface area (Å²) in [7, 11) is 0. The van der Waals surface area contributed by atoms with Crippen LogP contribution in [-0.2, 0) is 4.79 Å². The molecule has 1 fully saturated rings. The molecule has 28 heavy (non-hydrogen) atoms. The maximum atomic E-state index is 12.8. The topological polar surface area (TPSA) is 130 Å². The third-order valence-corrected chi connectivity index (χ3v) is 4.95. The van der Waals surface area contributed by atoms with E-state index in [1.54, 1.807) is 24.3 Å². The number of nitrogens with zero attached hydrogens (tertiary/aromatic N) is 4. The van der Waals surface area contributed by atoms with Crippen molar-refractivity contribution < 1.29 is 9.59 Å². The van der Waals surface area contributed by atoms with Crippen LogP contribution in [0.3, 0.4) is 0 Å². The zero-order valence-corrected chi connectivity index (χ0v) is 15.6. The van der Waals surface area contributed by atoms with Crippen LogP contribution in [-0.4, -0.2) is 44.8 Å². The number of hydrogen-bond acceptors (Lipinski definition) is 6. The van der Waals surface area contributed by atoms with Gasteiger partial charge in [-0.05, 0) is 36.6 Å². The Morgan fingerprint density at radius 2 is 2.11 bits per heavy atom. The number of H-pyrrole nitrogens is 1. The third kappa shape index (κ3) is 3.48. The van der Waals surface area contributed by atoms with E-state index >= 15 is 0 Å². The van der Waals surface area contributed by atoms with E-state index in [1.165, 1.54) is 6.33 Å². The summed E-state index contributed by atoms with van der Waals surface area (Å²) < 4.78 is 0. The highest BCUT2D eigenvalue weighted by Crippen LogP contribution is 2.28. The number of para-hydroxylation sites is 1. The lowest BCUT2D eigenvalue weighted by Gasteiger charge is -2.33. The third-order valence-electron chi connectivity index (χ3n) is 4.78. The molecule has 2 aromatic heterocycles. The highest BCUT2D eigenvalue weighted by Gasteiger charge is 2.29. The number of hydrogen-bond donors (Lipinski definition) is 3. The normalized spacial score (nSPS) is 16.9.